The Balaban J connectivity index is 1.68. The second kappa shape index (κ2) is 9.34. The molecule has 0 atom stereocenters. The van der Waals surface area contributed by atoms with Crippen LogP contribution in [0.15, 0.2) is 76.7 Å². The predicted molar refractivity (Wildman–Crippen MR) is 128 cm³/mol. The largest absolute Gasteiger partial charge is 0.418 e. The maximum atomic E-state index is 13.3. The average molecular weight is 484 g/mol. The molecule has 3 aromatic carbocycles. The summed E-state index contributed by atoms with van der Waals surface area (Å²) in [5.41, 5.74) is 1.56. The lowest BCUT2D eigenvalue weighted by Gasteiger charge is -2.15. The van der Waals surface area contributed by atoms with Crippen LogP contribution in [-0.2, 0) is 11.0 Å². The molecule has 4 aromatic rings. The number of amides is 1. The van der Waals surface area contributed by atoms with Crippen molar-refractivity contribution in [2.45, 2.75) is 25.2 Å². The van der Waals surface area contributed by atoms with Crippen LogP contribution in [0.4, 0.5) is 18.9 Å². The van der Waals surface area contributed by atoms with Crippen molar-refractivity contribution in [1.29, 1.82) is 0 Å². The topological polar surface area (TPSA) is 64.0 Å². The minimum Gasteiger partial charge on any atom is -0.325 e. The number of nitrogens with zero attached hydrogens (tertiary/aromatic N) is 2. The fourth-order valence-corrected chi connectivity index (χ4v) is 4.27. The van der Waals surface area contributed by atoms with E-state index in [4.69, 9.17) is 0 Å². The minimum absolute atomic E-state index is 0.234. The van der Waals surface area contributed by atoms with E-state index in [2.05, 4.69) is 10.3 Å². The number of fused-ring (bicyclic) bond motifs is 1. The lowest BCUT2D eigenvalue weighted by molar-refractivity contribution is -0.137. The lowest BCUT2D eigenvalue weighted by atomic mass is 10.1. The SMILES string of the molecule is Cc1ccc(-n2c(SCC(=O)Nc3ccccc3C(F)(F)F)nc3ccccc3c2=O)cc1C. The van der Waals surface area contributed by atoms with Gasteiger partial charge >= 0.3 is 6.18 Å². The number of anilines is 1. The number of carbonyl (C=O) groups excluding carboxylic acids is 1. The number of thioether (sulfide) groups is 1. The monoisotopic (exact) mass is 483 g/mol. The van der Waals surface area contributed by atoms with E-state index in [0.717, 1.165) is 29.0 Å². The first-order valence-electron chi connectivity index (χ1n) is 10.3. The number of rotatable bonds is 5. The highest BCUT2D eigenvalue weighted by atomic mass is 32.2. The van der Waals surface area contributed by atoms with Crippen LogP contribution in [0.1, 0.15) is 16.7 Å². The summed E-state index contributed by atoms with van der Waals surface area (Å²) in [6, 6.07) is 17.2. The number of alkyl halides is 3. The summed E-state index contributed by atoms with van der Waals surface area (Å²) in [7, 11) is 0. The summed E-state index contributed by atoms with van der Waals surface area (Å²) < 4.78 is 41.1. The first-order chi connectivity index (χ1) is 16.1. The van der Waals surface area contributed by atoms with Gasteiger partial charge in [0, 0.05) is 0 Å². The molecule has 0 saturated carbocycles. The molecule has 0 aliphatic rings. The van der Waals surface area contributed by atoms with Crippen LogP contribution in [0.3, 0.4) is 0 Å². The number of hydrogen-bond donors (Lipinski definition) is 1. The van der Waals surface area contributed by atoms with Crippen LogP contribution in [0.5, 0.6) is 0 Å². The number of nitrogens with one attached hydrogen (secondary N) is 1. The molecule has 0 radical (unpaired) electrons. The Hall–Kier alpha value is -3.59. The van der Waals surface area contributed by atoms with Crippen molar-refractivity contribution in [3.63, 3.8) is 0 Å². The Kier molecular flexibility index (Phi) is 6.47. The molecule has 9 heteroatoms. The minimum atomic E-state index is -4.60. The van der Waals surface area contributed by atoms with Crippen LogP contribution >= 0.6 is 11.8 Å². The summed E-state index contributed by atoms with van der Waals surface area (Å²) >= 11 is 0.980. The highest BCUT2D eigenvalue weighted by molar-refractivity contribution is 7.99. The molecular weight excluding hydrogens is 463 g/mol. The third kappa shape index (κ3) is 4.84. The fourth-order valence-electron chi connectivity index (χ4n) is 3.46. The third-order valence-corrected chi connectivity index (χ3v) is 6.27. The Labute approximate surface area is 197 Å². The van der Waals surface area contributed by atoms with E-state index in [0.29, 0.717) is 16.6 Å². The first kappa shape index (κ1) is 23.6. The standard InChI is InChI=1S/C25H20F3N3O2S/c1-15-11-12-17(13-16(15)2)31-23(33)18-7-3-5-9-20(18)30-24(31)34-14-22(32)29-21-10-6-4-8-19(21)25(26,27)28/h3-13H,14H2,1-2H3,(H,29,32). The van der Waals surface area contributed by atoms with E-state index in [1.54, 1.807) is 30.3 Å². The average Bonchev–Trinajstić information content (AvgIpc) is 2.79. The summed E-state index contributed by atoms with van der Waals surface area (Å²) in [5, 5.41) is 3.01. The van der Waals surface area contributed by atoms with Crippen molar-refractivity contribution < 1.29 is 18.0 Å². The summed E-state index contributed by atoms with van der Waals surface area (Å²) in [6.45, 7) is 3.88. The van der Waals surface area contributed by atoms with E-state index in [9.17, 15) is 22.8 Å². The van der Waals surface area contributed by atoms with E-state index >= 15 is 0 Å². The van der Waals surface area contributed by atoms with Gasteiger partial charge in [0.15, 0.2) is 5.16 Å². The van der Waals surface area contributed by atoms with Gasteiger partial charge in [-0.1, -0.05) is 42.1 Å². The first-order valence-corrected chi connectivity index (χ1v) is 11.3. The second-order valence-corrected chi connectivity index (χ2v) is 8.64. The number of aryl methyl sites for hydroxylation is 2. The maximum Gasteiger partial charge on any atom is 0.418 e. The van der Waals surface area contributed by atoms with Crippen LogP contribution in [-0.4, -0.2) is 21.2 Å². The van der Waals surface area contributed by atoms with Gasteiger partial charge in [0.1, 0.15) is 0 Å². The number of benzene rings is 3. The zero-order chi connectivity index (χ0) is 24.5. The zero-order valence-corrected chi connectivity index (χ0v) is 19.1. The molecule has 4 rings (SSSR count). The van der Waals surface area contributed by atoms with Gasteiger partial charge < -0.3 is 5.32 Å². The van der Waals surface area contributed by atoms with Crippen LogP contribution in [0.2, 0.25) is 0 Å². The van der Waals surface area contributed by atoms with Gasteiger partial charge in [-0.05, 0) is 61.4 Å². The fraction of sp³-hybridized carbons (Fsp3) is 0.160. The van der Waals surface area contributed by atoms with Gasteiger partial charge in [0.2, 0.25) is 5.91 Å². The lowest BCUT2D eigenvalue weighted by Crippen LogP contribution is -2.23. The van der Waals surface area contributed by atoms with Crippen LogP contribution in [0, 0.1) is 13.8 Å². The number of hydrogen-bond acceptors (Lipinski definition) is 4. The highest BCUT2D eigenvalue weighted by Gasteiger charge is 2.33. The molecule has 1 heterocycles. The molecule has 0 bridgehead atoms. The van der Waals surface area contributed by atoms with E-state index in [1.807, 2.05) is 26.0 Å². The molecule has 5 nitrogen and oxygen atoms in total. The summed E-state index contributed by atoms with van der Waals surface area (Å²) in [4.78, 5) is 30.4. The van der Waals surface area contributed by atoms with Gasteiger partial charge in [0.05, 0.1) is 33.6 Å². The number of carbonyl (C=O) groups is 1. The molecule has 1 aromatic heterocycles. The van der Waals surface area contributed by atoms with Crippen LogP contribution in [0.25, 0.3) is 16.6 Å². The van der Waals surface area contributed by atoms with Crippen molar-refractivity contribution in [2.24, 2.45) is 0 Å². The van der Waals surface area contributed by atoms with Gasteiger partial charge in [-0.15, -0.1) is 0 Å². The number of para-hydroxylation sites is 2. The molecule has 0 unspecified atom stereocenters. The normalized spacial score (nSPS) is 11.6. The van der Waals surface area contributed by atoms with E-state index in [1.165, 1.54) is 22.8 Å². The van der Waals surface area contributed by atoms with Crippen molar-refractivity contribution in [2.75, 3.05) is 11.1 Å². The maximum absolute atomic E-state index is 13.3. The Morgan fingerprint density at radius 1 is 1.00 bits per heavy atom. The molecule has 1 amide bonds. The Morgan fingerprint density at radius 3 is 2.44 bits per heavy atom. The number of aromatic nitrogens is 2. The molecular formula is C25H20F3N3O2S. The third-order valence-electron chi connectivity index (χ3n) is 5.33. The molecule has 0 fully saturated rings. The van der Waals surface area contributed by atoms with Crippen molar-refractivity contribution in [3.8, 4) is 5.69 Å². The molecule has 0 aliphatic carbocycles. The zero-order valence-electron chi connectivity index (χ0n) is 18.3. The number of halogens is 3. The smallest absolute Gasteiger partial charge is 0.325 e. The predicted octanol–water partition coefficient (Wildman–Crippen LogP) is 5.75. The van der Waals surface area contributed by atoms with Gasteiger partial charge in [-0.3, -0.25) is 14.2 Å². The molecule has 174 valence electrons. The van der Waals surface area contributed by atoms with Gasteiger partial charge in [-0.25, -0.2) is 4.98 Å². The van der Waals surface area contributed by atoms with E-state index < -0.39 is 17.6 Å². The molecule has 34 heavy (non-hydrogen) atoms. The van der Waals surface area contributed by atoms with Gasteiger partial charge in [0.25, 0.3) is 5.56 Å². The Bertz CT molecular complexity index is 1450. The quantitative estimate of drug-likeness (QED) is 0.290. The second-order valence-electron chi connectivity index (χ2n) is 7.70. The van der Waals surface area contributed by atoms with Crippen molar-refractivity contribution in [3.05, 3.63) is 93.8 Å². The van der Waals surface area contributed by atoms with Crippen LogP contribution < -0.4 is 10.9 Å². The summed E-state index contributed by atoms with van der Waals surface area (Å²) in [5.74, 6) is -0.877. The van der Waals surface area contributed by atoms with E-state index in [-0.39, 0.29) is 22.2 Å². The van der Waals surface area contributed by atoms with Crippen molar-refractivity contribution >= 4 is 34.3 Å². The molecule has 0 saturated heterocycles. The van der Waals surface area contributed by atoms with Gasteiger partial charge in [-0.2, -0.15) is 13.2 Å². The molecule has 1 N–H and O–H groups in total. The Morgan fingerprint density at radius 2 is 1.71 bits per heavy atom. The van der Waals surface area contributed by atoms with Crippen molar-refractivity contribution in [1.82, 2.24) is 9.55 Å². The molecule has 0 spiro atoms. The highest BCUT2D eigenvalue weighted by Crippen LogP contribution is 2.34. The summed E-state index contributed by atoms with van der Waals surface area (Å²) in [6.07, 6.45) is -4.60. The molecule has 0 aliphatic heterocycles.